The lowest BCUT2D eigenvalue weighted by Gasteiger charge is -2.31. The van der Waals surface area contributed by atoms with E-state index < -0.39 is 0 Å². The predicted molar refractivity (Wildman–Crippen MR) is 86.3 cm³/mol. The number of benzene rings is 1. The van der Waals surface area contributed by atoms with Crippen LogP contribution in [0.3, 0.4) is 0 Å². The van der Waals surface area contributed by atoms with E-state index in [4.69, 9.17) is 5.73 Å². The molecule has 0 saturated carbocycles. The van der Waals surface area contributed by atoms with Crippen molar-refractivity contribution in [3.05, 3.63) is 64.4 Å². The van der Waals surface area contributed by atoms with Gasteiger partial charge in [0.05, 0.1) is 0 Å². The number of aromatic nitrogens is 1. The first-order chi connectivity index (χ1) is 9.76. The summed E-state index contributed by atoms with van der Waals surface area (Å²) in [5.41, 5.74) is 8.53. The minimum Gasteiger partial charge on any atom is -0.329 e. The highest BCUT2D eigenvalue weighted by atomic mass is 79.9. The number of hydrogen-bond acceptors (Lipinski definition) is 3. The monoisotopic (exact) mass is 333 g/mol. The molecular weight excluding hydrogens is 314 g/mol. The molecule has 0 radical (unpaired) electrons. The lowest BCUT2D eigenvalue weighted by molar-refractivity contribution is 0.203. The Balaban J connectivity index is 2.22. The smallest absolute Gasteiger partial charge is 0.0485 e. The summed E-state index contributed by atoms with van der Waals surface area (Å²) in [7, 11) is 0. The SMILES string of the molecule is CCN(Cc1ccncc1)C(CN)c1ccccc1Br. The lowest BCUT2D eigenvalue weighted by atomic mass is 10.0. The van der Waals surface area contributed by atoms with Crippen molar-refractivity contribution in [2.75, 3.05) is 13.1 Å². The molecule has 0 saturated heterocycles. The van der Waals surface area contributed by atoms with E-state index in [0.717, 1.165) is 17.6 Å². The van der Waals surface area contributed by atoms with Gasteiger partial charge in [0.15, 0.2) is 0 Å². The van der Waals surface area contributed by atoms with Crippen LogP contribution in [-0.2, 0) is 6.54 Å². The van der Waals surface area contributed by atoms with Crippen molar-refractivity contribution < 1.29 is 0 Å². The molecule has 1 aromatic heterocycles. The topological polar surface area (TPSA) is 42.2 Å². The van der Waals surface area contributed by atoms with Crippen LogP contribution in [0.15, 0.2) is 53.3 Å². The van der Waals surface area contributed by atoms with Crippen LogP contribution in [-0.4, -0.2) is 23.0 Å². The van der Waals surface area contributed by atoms with Crippen molar-refractivity contribution in [1.29, 1.82) is 0 Å². The largest absolute Gasteiger partial charge is 0.329 e. The molecule has 0 aliphatic rings. The maximum atomic E-state index is 6.03. The molecule has 0 aliphatic heterocycles. The van der Waals surface area contributed by atoms with E-state index in [2.05, 4.69) is 63.1 Å². The number of halogens is 1. The van der Waals surface area contributed by atoms with Crippen LogP contribution in [0.5, 0.6) is 0 Å². The van der Waals surface area contributed by atoms with Crippen molar-refractivity contribution in [1.82, 2.24) is 9.88 Å². The van der Waals surface area contributed by atoms with Crippen LogP contribution in [0.2, 0.25) is 0 Å². The van der Waals surface area contributed by atoms with Crippen molar-refractivity contribution in [2.45, 2.75) is 19.5 Å². The number of rotatable bonds is 6. The van der Waals surface area contributed by atoms with Crippen molar-refractivity contribution in [3.63, 3.8) is 0 Å². The highest BCUT2D eigenvalue weighted by Gasteiger charge is 2.19. The Morgan fingerprint density at radius 2 is 1.90 bits per heavy atom. The molecule has 106 valence electrons. The van der Waals surface area contributed by atoms with Gasteiger partial charge in [0.25, 0.3) is 0 Å². The molecular formula is C16H20BrN3. The maximum absolute atomic E-state index is 6.03. The molecule has 1 aromatic carbocycles. The highest BCUT2D eigenvalue weighted by molar-refractivity contribution is 9.10. The molecule has 2 N–H and O–H groups in total. The van der Waals surface area contributed by atoms with Gasteiger partial charge in [-0.15, -0.1) is 0 Å². The second-order valence-electron chi connectivity index (χ2n) is 4.69. The Kier molecular flexibility index (Phi) is 5.71. The zero-order valence-corrected chi connectivity index (χ0v) is 13.3. The molecule has 2 aromatic rings. The molecule has 0 bridgehead atoms. The molecule has 0 aliphatic carbocycles. The fourth-order valence-corrected chi connectivity index (χ4v) is 2.93. The van der Waals surface area contributed by atoms with Gasteiger partial charge in [-0.05, 0) is 35.9 Å². The van der Waals surface area contributed by atoms with E-state index >= 15 is 0 Å². The molecule has 1 heterocycles. The Morgan fingerprint density at radius 3 is 2.50 bits per heavy atom. The van der Waals surface area contributed by atoms with Crippen LogP contribution < -0.4 is 5.73 Å². The number of hydrogen-bond donors (Lipinski definition) is 1. The Morgan fingerprint density at radius 1 is 1.20 bits per heavy atom. The summed E-state index contributed by atoms with van der Waals surface area (Å²) in [4.78, 5) is 6.45. The molecule has 20 heavy (non-hydrogen) atoms. The molecule has 0 spiro atoms. The molecule has 0 fully saturated rings. The fraction of sp³-hybridized carbons (Fsp3) is 0.312. The first kappa shape index (κ1) is 15.2. The molecule has 1 atom stereocenters. The number of pyridine rings is 1. The molecule has 0 amide bonds. The second kappa shape index (κ2) is 7.53. The molecule has 4 heteroatoms. The van der Waals surface area contributed by atoms with Gasteiger partial charge < -0.3 is 5.73 Å². The van der Waals surface area contributed by atoms with Gasteiger partial charge in [-0.1, -0.05) is 41.1 Å². The summed E-state index contributed by atoms with van der Waals surface area (Å²) in [6, 6.07) is 12.6. The zero-order chi connectivity index (χ0) is 14.4. The van der Waals surface area contributed by atoms with E-state index in [1.165, 1.54) is 11.1 Å². The van der Waals surface area contributed by atoms with Crippen LogP contribution >= 0.6 is 15.9 Å². The Labute approximate surface area is 129 Å². The first-order valence-corrected chi connectivity index (χ1v) is 7.63. The number of nitrogens with two attached hydrogens (primary N) is 1. The zero-order valence-electron chi connectivity index (χ0n) is 11.7. The lowest BCUT2D eigenvalue weighted by Crippen LogP contribution is -2.33. The van der Waals surface area contributed by atoms with Gasteiger partial charge >= 0.3 is 0 Å². The van der Waals surface area contributed by atoms with Gasteiger partial charge in [0.2, 0.25) is 0 Å². The van der Waals surface area contributed by atoms with Crippen LogP contribution in [0.25, 0.3) is 0 Å². The van der Waals surface area contributed by atoms with Gasteiger partial charge in [-0.25, -0.2) is 0 Å². The molecule has 1 unspecified atom stereocenters. The van der Waals surface area contributed by atoms with Crippen LogP contribution in [0.4, 0.5) is 0 Å². The average Bonchev–Trinajstić information content (AvgIpc) is 2.49. The third kappa shape index (κ3) is 3.66. The third-order valence-electron chi connectivity index (χ3n) is 3.47. The van der Waals surface area contributed by atoms with E-state index in [-0.39, 0.29) is 6.04 Å². The third-order valence-corrected chi connectivity index (χ3v) is 4.19. The van der Waals surface area contributed by atoms with Crippen molar-refractivity contribution in [3.8, 4) is 0 Å². The van der Waals surface area contributed by atoms with Crippen LogP contribution in [0, 0.1) is 0 Å². The van der Waals surface area contributed by atoms with E-state index in [9.17, 15) is 0 Å². The summed E-state index contributed by atoms with van der Waals surface area (Å²) in [5.74, 6) is 0. The second-order valence-corrected chi connectivity index (χ2v) is 5.55. The van der Waals surface area contributed by atoms with Crippen LogP contribution in [0.1, 0.15) is 24.1 Å². The Hall–Kier alpha value is -1.23. The summed E-state index contributed by atoms with van der Waals surface area (Å²) in [6.07, 6.45) is 3.66. The fourth-order valence-electron chi connectivity index (χ4n) is 2.38. The van der Waals surface area contributed by atoms with Gasteiger partial charge in [-0.3, -0.25) is 9.88 Å². The van der Waals surface area contributed by atoms with Crippen molar-refractivity contribution >= 4 is 15.9 Å². The van der Waals surface area contributed by atoms with Gasteiger partial charge in [-0.2, -0.15) is 0 Å². The first-order valence-electron chi connectivity index (χ1n) is 6.83. The predicted octanol–water partition coefficient (Wildman–Crippen LogP) is 3.37. The number of likely N-dealkylation sites (N-methyl/N-ethyl adjacent to an activating group) is 1. The summed E-state index contributed by atoms with van der Waals surface area (Å²) in [5, 5.41) is 0. The van der Waals surface area contributed by atoms with E-state index in [0.29, 0.717) is 6.54 Å². The summed E-state index contributed by atoms with van der Waals surface area (Å²) >= 11 is 3.63. The van der Waals surface area contributed by atoms with Gasteiger partial charge in [0, 0.05) is 36.0 Å². The van der Waals surface area contributed by atoms with E-state index in [1.807, 2.05) is 18.5 Å². The standard InChI is InChI=1S/C16H20BrN3/c1-2-20(12-13-7-9-19-10-8-13)16(11-18)14-5-3-4-6-15(14)17/h3-10,16H,2,11-12,18H2,1H3. The minimum absolute atomic E-state index is 0.212. The molecule has 2 rings (SSSR count). The number of nitrogens with zero attached hydrogens (tertiary/aromatic N) is 2. The minimum atomic E-state index is 0.212. The average molecular weight is 334 g/mol. The Bertz CT molecular complexity index is 530. The molecule has 3 nitrogen and oxygen atoms in total. The summed E-state index contributed by atoms with van der Waals surface area (Å²) < 4.78 is 1.11. The summed E-state index contributed by atoms with van der Waals surface area (Å²) in [6.45, 7) is 4.59. The quantitative estimate of drug-likeness (QED) is 0.881. The maximum Gasteiger partial charge on any atom is 0.0485 e. The van der Waals surface area contributed by atoms with Gasteiger partial charge in [0.1, 0.15) is 0 Å². The van der Waals surface area contributed by atoms with Crippen molar-refractivity contribution in [2.24, 2.45) is 5.73 Å². The van der Waals surface area contributed by atoms with E-state index in [1.54, 1.807) is 0 Å². The highest BCUT2D eigenvalue weighted by Crippen LogP contribution is 2.28. The normalized spacial score (nSPS) is 12.6.